The van der Waals surface area contributed by atoms with Crippen LogP contribution in [0.1, 0.15) is 81.1 Å². The summed E-state index contributed by atoms with van der Waals surface area (Å²) in [5.41, 5.74) is 1.22. The molecular weight excluding hydrogens is 438 g/mol. The third-order valence-corrected chi connectivity index (χ3v) is 6.66. The zero-order valence-electron chi connectivity index (χ0n) is 22.4. The number of hydrogen-bond acceptors (Lipinski definition) is 11. The third-order valence-electron chi connectivity index (χ3n) is 6.66. The number of anilines is 1. The third kappa shape index (κ3) is 5.88. The van der Waals surface area contributed by atoms with Crippen LogP contribution in [0.4, 0.5) is 5.95 Å². The first kappa shape index (κ1) is 26.8. The van der Waals surface area contributed by atoms with E-state index >= 15 is 0 Å². The molecule has 2 aliphatic rings. The van der Waals surface area contributed by atoms with Gasteiger partial charge in [0, 0.05) is 61.9 Å². The maximum absolute atomic E-state index is 10.6. The molecule has 0 unspecified atom stereocenters. The topological polar surface area (TPSA) is 119 Å². The summed E-state index contributed by atoms with van der Waals surface area (Å²) in [6.45, 7) is 15.9. The van der Waals surface area contributed by atoms with Crippen LogP contribution in [0.25, 0.3) is 0 Å². The summed E-state index contributed by atoms with van der Waals surface area (Å²) in [5.74, 6) is 0.321. The van der Waals surface area contributed by atoms with Gasteiger partial charge in [0.1, 0.15) is 12.2 Å². The van der Waals surface area contributed by atoms with Crippen molar-refractivity contribution in [2.24, 2.45) is 0 Å². The van der Waals surface area contributed by atoms with Crippen molar-refractivity contribution >= 4 is 5.95 Å². The zero-order valence-corrected chi connectivity index (χ0v) is 22.4. The number of rotatable bonds is 6. The molecule has 0 aliphatic carbocycles. The summed E-state index contributed by atoms with van der Waals surface area (Å²) < 4.78 is 12.5. The molecule has 34 heavy (non-hydrogen) atoms. The molecule has 0 amide bonds. The van der Waals surface area contributed by atoms with Gasteiger partial charge in [-0.25, -0.2) is 5.01 Å². The minimum Gasteiger partial charge on any atom is -0.460 e. The standard InChI is InChI=1S/C23H43N7O4/c1-20(2)11-15(12-21(3,4)29(20)31)33-18-24-17(27-28(9)10)25-19(26-18)34-16-13-22(5,6)30(32)23(7,8)14-16/h15-16,31-32H,11-14H2,1-10H3,(H,24,25,26,27). The Labute approximate surface area is 203 Å². The highest BCUT2D eigenvalue weighted by Crippen LogP contribution is 2.39. The second kappa shape index (κ2) is 9.02. The van der Waals surface area contributed by atoms with E-state index in [1.165, 1.54) is 10.1 Å². The Morgan fingerprint density at radius 1 is 0.706 bits per heavy atom. The number of hydroxylamine groups is 4. The first-order valence-electron chi connectivity index (χ1n) is 11.9. The van der Waals surface area contributed by atoms with Gasteiger partial charge in [0.15, 0.2) is 0 Å². The smallest absolute Gasteiger partial charge is 0.324 e. The van der Waals surface area contributed by atoms with Crippen molar-refractivity contribution in [1.29, 1.82) is 0 Å². The second-order valence-electron chi connectivity index (χ2n) is 12.4. The predicted octanol–water partition coefficient (Wildman–Crippen LogP) is 3.34. The van der Waals surface area contributed by atoms with E-state index in [1.54, 1.807) is 5.01 Å². The van der Waals surface area contributed by atoms with E-state index in [-0.39, 0.29) is 24.2 Å². The van der Waals surface area contributed by atoms with Gasteiger partial charge in [-0.15, -0.1) is 4.98 Å². The van der Waals surface area contributed by atoms with Crippen LogP contribution >= 0.6 is 0 Å². The summed E-state index contributed by atoms with van der Waals surface area (Å²) in [6, 6.07) is 0.353. The molecule has 2 saturated heterocycles. The molecular formula is C23H43N7O4. The van der Waals surface area contributed by atoms with Crippen LogP contribution in [0.3, 0.4) is 0 Å². The maximum Gasteiger partial charge on any atom is 0.324 e. The number of ether oxygens (including phenoxy) is 2. The van der Waals surface area contributed by atoms with Crippen molar-refractivity contribution in [2.75, 3.05) is 19.5 Å². The van der Waals surface area contributed by atoms with Crippen LogP contribution in [0.5, 0.6) is 12.0 Å². The average molecular weight is 482 g/mol. The molecule has 1 aromatic rings. The van der Waals surface area contributed by atoms with Gasteiger partial charge in [-0.05, 0) is 55.4 Å². The van der Waals surface area contributed by atoms with Gasteiger partial charge in [-0.2, -0.15) is 20.1 Å². The molecule has 0 atom stereocenters. The Morgan fingerprint density at radius 2 is 1.03 bits per heavy atom. The highest BCUT2D eigenvalue weighted by Gasteiger charge is 2.47. The van der Waals surface area contributed by atoms with Crippen LogP contribution in [-0.4, -0.2) is 89.0 Å². The molecule has 0 bridgehead atoms. The van der Waals surface area contributed by atoms with Crippen LogP contribution < -0.4 is 14.9 Å². The van der Waals surface area contributed by atoms with Crippen molar-refractivity contribution in [1.82, 2.24) is 30.1 Å². The largest absolute Gasteiger partial charge is 0.460 e. The van der Waals surface area contributed by atoms with Crippen molar-refractivity contribution in [3.8, 4) is 12.0 Å². The summed E-state index contributed by atoms with van der Waals surface area (Å²) in [6.07, 6.45) is 2.08. The van der Waals surface area contributed by atoms with Gasteiger partial charge in [0.05, 0.1) is 0 Å². The SMILES string of the molecule is CN(C)Nc1nc(OC2CC(C)(C)N(O)C(C)(C)C2)nc(OC2CC(C)(C)N(O)C(C)(C)C2)n1. The zero-order chi connectivity index (χ0) is 25.7. The van der Waals surface area contributed by atoms with E-state index in [2.05, 4.69) is 20.4 Å². The van der Waals surface area contributed by atoms with Gasteiger partial charge < -0.3 is 19.9 Å². The van der Waals surface area contributed by atoms with Crippen LogP contribution in [-0.2, 0) is 0 Å². The fourth-order valence-electron chi connectivity index (χ4n) is 5.52. The summed E-state index contributed by atoms with van der Waals surface area (Å²) in [7, 11) is 3.68. The molecule has 0 radical (unpaired) electrons. The molecule has 3 rings (SSSR count). The monoisotopic (exact) mass is 481 g/mol. The molecule has 0 spiro atoms. The number of hydrazine groups is 1. The molecule has 194 valence electrons. The lowest BCUT2D eigenvalue weighted by molar-refractivity contribution is -0.255. The molecule has 11 nitrogen and oxygen atoms in total. The molecule has 0 saturated carbocycles. The minimum atomic E-state index is -0.459. The summed E-state index contributed by atoms with van der Waals surface area (Å²) >= 11 is 0. The number of hydrogen-bond donors (Lipinski definition) is 3. The highest BCUT2D eigenvalue weighted by atomic mass is 16.5. The van der Waals surface area contributed by atoms with Crippen LogP contribution in [0, 0.1) is 0 Å². The fraction of sp³-hybridized carbons (Fsp3) is 0.870. The fourth-order valence-corrected chi connectivity index (χ4v) is 5.52. The van der Waals surface area contributed by atoms with E-state index in [0.717, 1.165) is 0 Å². The summed E-state index contributed by atoms with van der Waals surface area (Å²) in [5, 5.41) is 25.8. The number of nitrogens with zero attached hydrogens (tertiary/aromatic N) is 6. The van der Waals surface area contributed by atoms with E-state index in [4.69, 9.17) is 9.47 Å². The van der Waals surface area contributed by atoms with Gasteiger partial charge in [-0.1, -0.05) is 0 Å². The first-order chi connectivity index (χ1) is 15.4. The van der Waals surface area contributed by atoms with E-state index < -0.39 is 22.2 Å². The Kier molecular flexibility index (Phi) is 7.11. The average Bonchev–Trinajstić information content (AvgIpc) is 2.62. The summed E-state index contributed by atoms with van der Waals surface area (Å²) in [4.78, 5) is 13.4. The minimum absolute atomic E-state index is 0.176. The highest BCUT2D eigenvalue weighted by molar-refractivity contribution is 5.26. The maximum atomic E-state index is 10.6. The van der Waals surface area contributed by atoms with Crippen molar-refractivity contribution in [2.45, 2.75) is 115 Å². The van der Waals surface area contributed by atoms with E-state index in [1.807, 2.05) is 69.5 Å². The first-order valence-corrected chi connectivity index (χ1v) is 11.9. The molecule has 2 fully saturated rings. The number of piperidine rings is 2. The lowest BCUT2D eigenvalue weighted by Crippen LogP contribution is -2.61. The van der Waals surface area contributed by atoms with Crippen molar-refractivity contribution < 1.29 is 19.9 Å². The number of aromatic nitrogens is 3. The number of nitrogens with one attached hydrogen (secondary N) is 1. The van der Waals surface area contributed by atoms with Gasteiger partial charge in [0.25, 0.3) is 0 Å². The Balaban J connectivity index is 1.84. The molecule has 1 aromatic heterocycles. The predicted molar refractivity (Wildman–Crippen MR) is 128 cm³/mol. The van der Waals surface area contributed by atoms with E-state index in [0.29, 0.717) is 31.6 Å². The van der Waals surface area contributed by atoms with Crippen molar-refractivity contribution in [3.63, 3.8) is 0 Å². The lowest BCUT2D eigenvalue weighted by atomic mass is 9.80. The van der Waals surface area contributed by atoms with Gasteiger partial charge in [-0.3, -0.25) is 5.43 Å². The van der Waals surface area contributed by atoms with E-state index in [9.17, 15) is 10.4 Å². The van der Waals surface area contributed by atoms with Crippen LogP contribution in [0.2, 0.25) is 0 Å². The lowest BCUT2D eigenvalue weighted by Gasteiger charge is -2.51. The Bertz CT molecular complexity index is 777. The molecule has 3 heterocycles. The molecule has 3 N–H and O–H groups in total. The van der Waals surface area contributed by atoms with Gasteiger partial charge in [0.2, 0.25) is 5.95 Å². The molecule has 0 aromatic carbocycles. The van der Waals surface area contributed by atoms with Crippen molar-refractivity contribution in [3.05, 3.63) is 0 Å². The van der Waals surface area contributed by atoms with Crippen LogP contribution in [0.15, 0.2) is 0 Å². The van der Waals surface area contributed by atoms with Gasteiger partial charge >= 0.3 is 12.0 Å². The molecule has 2 aliphatic heterocycles. The second-order valence-corrected chi connectivity index (χ2v) is 12.4. The normalized spacial score (nSPS) is 25.3. The Hall–Kier alpha value is -1.79. The quantitative estimate of drug-likeness (QED) is 0.519. The Morgan fingerprint density at radius 3 is 1.32 bits per heavy atom. The molecule has 11 heteroatoms.